The van der Waals surface area contributed by atoms with E-state index in [1.165, 1.54) is 17.9 Å². The number of hydrogen-bond donors (Lipinski definition) is 2. The molecule has 9 nitrogen and oxygen atoms in total. The molecule has 0 saturated carbocycles. The molecule has 0 bridgehead atoms. The number of halogens is 2. The maximum Gasteiger partial charge on any atom is 0.227 e. The van der Waals surface area contributed by atoms with Crippen LogP contribution in [-0.4, -0.2) is 61.2 Å². The van der Waals surface area contributed by atoms with E-state index in [9.17, 15) is 14.4 Å². The Bertz CT molecular complexity index is 1450. The van der Waals surface area contributed by atoms with Crippen molar-refractivity contribution in [3.05, 3.63) is 53.7 Å². The molecule has 2 aliphatic heterocycles. The second-order valence-corrected chi connectivity index (χ2v) is 9.88. The van der Waals surface area contributed by atoms with Crippen LogP contribution in [0.2, 0.25) is 0 Å². The van der Waals surface area contributed by atoms with E-state index in [2.05, 4.69) is 31.6 Å². The highest BCUT2D eigenvalue weighted by Gasteiger charge is 2.30. The Kier molecular flexibility index (Phi) is 7.30. The summed E-state index contributed by atoms with van der Waals surface area (Å²) in [6.07, 6.45) is 1.03. The predicted molar refractivity (Wildman–Crippen MR) is 147 cm³/mol. The average Bonchev–Trinajstić information content (AvgIpc) is 2.93. The molecule has 2 N–H and O–H groups in total. The van der Waals surface area contributed by atoms with Gasteiger partial charge in [-0.1, -0.05) is 0 Å². The third-order valence-electron chi connectivity index (χ3n) is 7.04. The van der Waals surface area contributed by atoms with Gasteiger partial charge in [0.25, 0.3) is 0 Å². The molecule has 5 rings (SSSR count). The lowest BCUT2D eigenvalue weighted by Gasteiger charge is -2.40. The summed E-state index contributed by atoms with van der Waals surface area (Å²) < 4.78 is 30.5. The highest BCUT2D eigenvalue weighted by atomic mass is 19.1. The van der Waals surface area contributed by atoms with Crippen LogP contribution in [0.25, 0.3) is 11.3 Å². The minimum Gasteiger partial charge on any atom is -0.368 e. The van der Waals surface area contributed by atoms with Gasteiger partial charge in [-0.3, -0.25) is 4.79 Å². The lowest BCUT2D eigenvalue weighted by Crippen LogP contribution is -2.46. The first-order valence-corrected chi connectivity index (χ1v) is 12.9. The molecular formula is C28H30F2N8O. The fourth-order valence-corrected chi connectivity index (χ4v) is 5.14. The Balaban J connectivity index is 1.49. The van der Waals surface area contributed by atoms with E-state index >= 15 is 4.39 Å². The van der Waals surface area contributed by atoms with Crippen LogP contribution in [0, 0.1) is 23.0 Å². The van der Waals surface area contributed by atoms with Gasteiger partial charge in [-0.15, -0.1) is 0 Å². The summed E-state index contributed by atoms with van der Waals surface area (Å²) in [5, 5.41) is 16.1. The van der Waals surface area contributed by atoms with E-state index in [0.29, 0.717) is 30.0 Å². The first kappa shape index (κ1) is 26.3. The Hall–Kier alpha value is -4.30. The van der Waals surface area contributed by atoms with E-state index in [1.54, 1.807) is 12.1 Å². The van der Waals surface area contributed by atoms with Crippen molar-refractivity contribution < 1.29 is 13.6 Å². The lowest BCUT2D eigenvalue weighted by atomic mass is 10.0. The summed E-state index contributed by atoms with van der Waals surface area (Å²) in [6, 6.07) is 10.6. The number of carbonyl (C=O) groups excluding carboxylic acids is 1. The minimum absolute atomic E-state index is 0.0403. The van der Waals surface area contributed by atoms with Crippen molar-refractivity contribution in [2.24, 2.45) is 0 Å². The molecule has 2 aromatic carbocycles. The number of piperazine rings is 1. The maximum absolute atomic E-state index is 15.5. The molecule has 1 fully saturated rings. The van der Waals surface area contributed by atoms with E-state index in [-0.39, 0.29) is 34.8 Å². The molecule has 3 aromatic rings. The first-order valence-electron chi connectivity index (χ1n) is 12.9. The van der Waals surface area contributed by atoms with Gasteiger partial charge in [0.1, 0.15) is 23.3 Å². The number of nitriles is 1. The molecule has 1 amide bonds. The standard InChI is InChI=1S/C28H30F2N8O/c1-17(2)37-10-11-38(18(3)39)27-22(29)13-19(14-25(27)37)26-23(30)16-33-28(35-26)34-21-4-5-24(20(12-21)15-31)36-8-6-32-7-9-36/h4-5,12-14,16-17,32H,6-11H2,1-3H3,(H,33,34,35). The third-order valence-corrected chi connectivity index (χ3v) is 7.04. The van der Waals surface area contributed by atoms with Gasteiger partial charge >= 0.3 is 0 Å². The van der Waals surface area contributed by atoms with E-state index in [4.69, 9.17) is 0 Å². The number of hydrogen-bond acceptors (Lipinski definition) is 8. The number of fused-ring (bicyclic) bond motifs is 1. The topological polar surface area (TPSA) is 100 Å². The summed E-state index contributed by atoms with van der Waals surface area (Å²) in [7, 11) is 0. The molecule has 11 heteroatoms. The van der Waals surface area contributed by atoms with Crippen LogP contribution in [0.4, 0.5) is 37.5 Å². The Morgan fingerprint density at radius 2 is 1.85 bits per heavy atom. The minimum atomic E-state index is -0.706. The van der Waals surface area contributed by atoms with Gasteiger partial charge in [-0.2, -0.15) is 5.26 Å². The van der Waals surface area contributed by atoms with Crippen molar-refractivity contribution in [1.29, 1.82) is 5.26 Å². The quantitative estimate of drug-likeness (QED) is 0.508. The lowest BCUT2D eigenvalue weighted by molar-refractivity contribution is -0.116. The van der Waals surface area contributed by atoms with Crippen LogP contribution in [0.3, 0.4) is 0 Å². The zero-order valence-corrected chi connectivity index (χ0v) is 22.1. The van der Waals surface area contributed by atoms with Gasteiger partial charge in [0, 0.05) is 63.5 Å². The van der Waals surface area contributed by atoms with Crippen LogP contribution in [-0.2, 0) is 4.79 Å². The zero-order chi connectivity index (χ0) is 27.7. The molecular weight excluding hydrogens is 502 g/mol. The summed E-state index contributed by atoms with van der Waals surface area (Å²) >= 11 is 0. The van der Waals surface area contributed by atoms with Gasteiger partial charge in [0.15, 0.2) is 5.82 Å². The molecule has 39 heavy (non-hydrogen) atoms. The van der Waals surface area contributed by atoms with Gasteiger partial charge in [0.05, 0.1) is 23.1 Å². The zero-order valence-electron chi connectivity index (χ0n) is 22.1. The summed E-state index contributed by atoms with van der Waals surface area (Å²) in [5.74, 6) is -1.49. The van der Waals surface area contributed by atoms with E-state index < -0.39 is 11.6 Å². The van der Waals surface area contributed by atoms with Crippen molar-refractivity contribution in [2.75, 3.05) is 59.3 Å². The number of aromatic nitrogens is 2. The summed E-state index contributed by atoms with van der Waals surface area (Å²) in [5.41, 5.74) is 2.79. The number of nitrogens with one attached hydrogen (secondary N) is 2. The van der Waals surface area contributed by atoms with Crippen molar-refractivity contribution in [1.82, 2.24) is 15.3 Å². The first-order chi connectivity index (χ1) is 18.8. The van der Waals surface area contributed by atoms with Crippen LogP contribution in [0.1, 0.15) is 26.3 Å². The number of anilines is 5. The fourth-order valence-electron chi connectivity index (χ4n) is 5.14. The van der Waals surface area contributed by atoms with Gasteiger partial charge in [-0.25, -0.2) is 18.7 Å². The largest absolute Gasteiger partial charge is 0.368 e. The highest BCUT2D eigenvalue weighted by molar-refractivity contribution is 5.97. The van der Waals surface area contributed by atoms with Crippen LogP contribution >= 0.6 is 0 Å². The van der Waals surface area contributed by atoms with Gasteiger partial charge in [0.2, 0.25) is 11.9 Å². The third kappa shape index (κ3) is 5.20. The second-order valence-electron chi connectivity index (χ2n) is 9.88. The monoisotopic (exact) mass is 532 g/mol. The predicted octanol–water partition coefficient (Wildman–Crippen LogP) is 4.03. The Morgan fingerprint density at radius 3 is 2.54 bits per heavy atom. The molecule has 0 atom stereocenters. The van der Waals surface area contributed by atoms with Crippen LogP contribution < -0.4 is 25.3 Å². The number of nitrogens with zero attached hydrogens (tertiary/aromatic N) is 6. The second kappa shape index (κ2) is 10.8. The van der Waals surface area contributed by atoms with Crippen LogP contribution in [0.5, 0.6) is 0 Å². The summed E-state index contributed by atoms with van der Waals surface area (Å²) in [6.45, 7) is 9.57. The maximum atomic E-state index is 15.5. The van der Waals surface area contributed by atoms with Crippen LogP contribution in [0.15, 0.2) is 36.5 Å². The Morgan fingerprint density at radius 1 is 1.08 bits per heavy atom. The molecule has 202 valence electrons. The SMILES string of the molecule is CC(=O)N1CCN(C(C)C)c2cc(-c3nc(Nc4ccc(N5CCNCC5)c(C#N)c4)ncc3F)cc(F)c21. The molecule has 2 aliphatic rings. The highest BCUT2D eigenvalue weighted by Crippen LogP contribution is 2.40. The molecule has 1 aromatic heterocycles. The van der Waals surface area contributed by atoms with Crippen molar-refractivity contribution in [3.63, 3.8) is 0 Å². The molecule has 3 heterocycles. The molecule has 0 aliphatic carbocycles. The van der Waals surface area contributed by atoms with Crippen molar-refractivity contribution in [3.8, 4) is 17.3 Å². The summed E-state index contributed by atoms with van der Waals surface area (Å²) in [4.78, 5) is 26.2. The van der Waals surface area contributed by atoms with Crippen molar-refractivity contribution in [2.45, 2.75) is 26.8 Å². The molecule has 0 spiro atoms. The normalized spacial score (nSPS) is 15.3. The average molecular weight is 533 g/mol. The van der Waals surface area contributed by atoms with E-state index in [0.717, 1.165) is 38.1 Å². The van der Waals surface area contributed by atoms with E-state index in [1.807, 2.05) is 30.9 Å². The molecule has 0 radical (unpaired) electrons. The number of carbonyl (C=O) groups is 1. The molecule has 0 unspecified atom stereocenters. The number of amides is 1. The van der Waals surface area contributed by atoms with Gasteiger partial charge < -0.3 is 25.3 Å². The van der Waals surface area contributed by atoms with Crippen molar-refractivity contribution >= 4 is 34.6 Å². The molecule has 1 saturated heterocycles. The number of benzene rings is 2. The Labute approximate surface area is 226 Å². The fraction of sp³-hybridized carbons (Fsp3) is 0.357. The smallest absolute Gasteiger partial charge is 0.227 e. The van der Waals surface area contributed by atoms with Gasteiger partial charge in [-0.05, 0) is 44.2 Å². The number of rotatable bonds is 5.